The van der Waals surface area contributed by atoms with Gasteiger partial charge in [-0.25, -0.2) is 0 Å². The Balaban J connectivity index is 1.62. The molecule has 0 spiro atoms. The van der Waals surface area contributed by atoms with Crippen molar-refractivity contribution in [1.29, 1.82) is 0 Å². The summed E-state index contributed by atoms with van der Waals surface area (Å²) < 4.78 is 27.0. The molecule has 4 aromatic rings. The Kier molecular flexibility index (Phi) is 11.0. The summed E-state index contributed by atoms with van der Waals surface area (Å²) in [5, 5.41) is 12.4. The van der Waals surface area contributed by atoms with E-state index in [4.69, 9.17) is 18.6 Å². The predicted octanol–water partition coefficient (Wildman–Crippen LogP) is 8.59. The molecule has 0 aromatic heterocycles. The molecule has 1 aliphatic rings. The van der Waals surface area contributed by atoms with Crippen molar-refractivity contribution in [3.8, 4) is 0 Å². The third kappa shape index (κ3) is 7.64. The Hall–Kier alpha value is -3.24. The highest BCUT2D eigenvalue weighted by Gasteiger charge is 2.58. The van der Waals surface area contributed by atoms with Gasteiger partial charge in [0, 0.05) is 11.8 Å². The van der Waals surface area contributed by atoms with Crippen molar-refractivity contribution < 1.29 is 28.5 Å². The standard InChI is InChI=1S/C40H48O6SSi/c1-29(41)44-35-36(46-48(6,7)38(2,3)4)39(5,42)34(45-37(35)47-33-26-18-11-19-27-33)28-43-40(30-20-12-8-13-21-30,31-22-14-9-15-23-31)32-24-16-10-17-25-32/h8-27,34-37,42H,28H2,1-7H3/t34-,35-,36-,37+,39-/m1/s1. The fourth-order valence-electron chi connectivity index (χ4n) is 5.93. The average Bonchev–Trinajstić information content (AvgIpc) is 3.06. The van der Waals surface area contributed by atoms with Gasteiger partial charge in [0.1, 0.15) is 28.8 Å². The Morgan fingerprint density at radius 2 is 1.25 bits per heavy atom. The van der Waals surface area contributed by atoms with Gasteiger partial charge in [0.25, 0.3) is 0 Å². The average molecular weight is 685 g/mol. The second-order valence-corrected chi connectivity index (χ2v) is 20.0. The van der Waals surface area contributed by atoms with Gasteiger partial charge in [-0.15, -0.1) is 0 Å². The first-order valence-electron chi connectivity index (χ1n) is 16.5. The van der Waals surface area contributed by atoms with Gasteiger partial charge < -0.3 is 23.7 Å². The molecule has 1 N–H and O–H groups in total. The summed E-state index contributed by atoms with van der Waals surface area (Å²) >= 11 is 1.45. The van der Waals surface area contributed by atoms with Crippen molar-refractivity contribution in [3.05, 3.63) is 138 Å². The van der Waals surface area contributed by atoms with Gasteiger partial charge in [-0.3, -0.25) is 4.79 Å². The fourth-order valence-corrected chi connectivity index (χ4v) is 8.40. The number of hydrogen-bond donors (Lipinski definition) is 1. The van der Waals surface area contributed by atoms with Gasteiger partial charge in [-0.05, 0) is 53.9 Å². The summed E-state index contributed by atoms with van der Waals surface area (Å²) in [6.07, 6.45) is -2.61. The van der Waals surface area contributed by atoms with Crippen molar-refractivity contribution >= 4 is 26.0 Å². The molecule has 4 aromatic carbocycles. The number of thioether (sulfide) groups is 1. The van der Waals surface area contributed by atoms with Crippen molar-refractivity contribution in [2.24, 2.45) is 0 Å². The van der Waals surface area contributed by atoms with E-state index in [-0.39, 0.29) is 11.6 Å². The van der Waals surface area contributed by atoms with Crippen LogP contribution >= 0.6 is 11.8 Å². The lowest BCUT2D eigenvalue weighted by Gasteiger charge is -2.53. The Morgan fingerprint density at radius 1 is 0.812 bits per heavy atom. The molecule has 0 bridgehead atoms. The number of rotatable bonds is 11. The second-order valence-electron chi connectivity index (χ2n) is 14.1. The van der Waals surface area contributed by atoms with Crippen molar-refractivity contribution in [1.82, 2.24) is 0 Å². The number of benzene rings is 4. The monoisotopic (exact) mass is 684 g/mol. The summed E-state index contributed by atoms with van der Waals surface area (Å²) in [6, 6.07) is 40.2. The van der Waals surface area contributed by atoms with Crippen LogP contribution in [0.4, 0.5) is 0 Å². The minimum atomic E-state index is -2.50. The Labute approximate surface area is 290 Å². The Morgan fingerprint density at radius 3 is 1.67 bits per heavy atom. The smallest absolute Gasteiger partial charge is 0.303 e. The van der Waals surface area contributed by atoms with Crippen molar-refractivity contribution in [2.75, 3.05) is 6.61 Å². The quantitative estimate of drug-likeness (QED) is 0.0964. The molecule has 0 radical (unpaired) electrons. The van der Waals surface area contributed by atoms with E-state index >= 15 is 0 Å². The zero-order valence-electron chi connectivity index (χ0n) is 29.0. The Bertz CT molecular complexity index is 1510. The molecule has 8 heteroatoms. The molecular weight excluding hydrogens is 637 g/mol. The molecule has 1 fully saturated rings. The third-order valence-corrected chi connectivity index (χ3v) is 15.2. The van der Waals surface area contributed by atoms with E-state index in [9.17, 15) is 9.90 Å². The number of esters is 1. The van der Waals surface area contributed by atoms with E-state index in [0.29, 0.717) is 0 Å². The molecule has 6 nitrogen and oxygen atoms in total. The first kappa shape index (κ1) is 36.0. The molecule has 48 heavy (non-hydrogen) atoms. The normalized spacial score (nSPS) is 23.4. The van der Waals surface area contributed by atoms with Gasteiger partial charge in [0.15, 0.2) is 14.4 Å². The second kappa shape index (κ2) is 14.7. The lowest BCUT2D eigenvalue weighted by molar-refractivity contribution is -0.259. The minimum absolute atomic E-state index is 0.0156. The van der Waals surface area contributed by atoms with Crippen LogP contribution in [-0.2, 0) is 29.0 Å². The molecular formula is C40H48O6SSi. The number of carbonyl (C=O) groups excluding carboxylic acids is 1. The van der Waals surface area contributed by atoms with Gasteiger partial charge in [-0.2, -0.15) is 0 Å². The maximum atomic E-state index is 12.6. The lowest BCUT2D eigenvalue weighted by atomic mass is 9.79. The summed E-state index contributed by atoms with van der Waals surface area (Å²) in [4.78, 5) is 13.5. The highest BCUT2D eigenvalue weighted by molar-refractivity contribution is 7.99. The molecule has 5 rings (SSSR count). The molecule has 1 heterocycles. The predicted molar refractivity (Wildman–Crippen MR) is 194 cm³/mol. The van der Waals surface area contributed by atoms with Gasteiger partial charge in [-0.1, -0.05) is 142 Å². The fraction of sp³-hybridized carbons (Fsp3) is 0.375. The summed E-state index contributed by atoms with van der Waals surface area (Å²) in [6.45, 7) is 13.8. The van der Waals surface area contributed by atoms with E-state index < -0.39 is 49.2 Å². The zero-order valence-corrected chi connectivity index (χ0v) is 30.8. The SMILES string of the molecule is CC(=O)O[C@@H]1[C@@H](O[Si](C)(C)C(C)(C)C)[C@](C)(O)[C@@H](COC(c2ccccc2)(c2ccccc2)c2ccccc2)O[C@H]1Sc1ccccc1. The molecule has 1 aliphatic heterocycles. The third-order valence-electron chi connectivity index (χ3n) is 9.61. The molecule has 0 amide bonds. The molecule has 5 atom stereocenters. The maximum Gasteiger partial charge on any atom is 0.303 e. The molecule has 0 saturated carbocycles. The van der Waals surface area contributed by atoms with Crippen LogP contribution in [0.25, 0.3) is 0 Å². The summed E-state index contributed by atoms with van der Waals surface area (Å²) in [5.41, 5.74) is -0.466. The van der Waals surface area contributed by atoms with E-state index in [1.54, 1.807) is 6.92 Å². The topological polar surface area (TPSA) is 74.2 Å². The summed E-state index contributed by atoms with van der Waals surface area (Å²) in [7, 11) is -2.50. The number of hydrogen-bond acceptors (Lipinski definition) is 7. The van der Waals surface area contributed by atoms with Crippen LogP contribution in [0.2, 0.25) is 18.1 Å². The van der Waals surface area contributed by atoms with Gasteiger partial charge >= 0.3 is 5.97 Å². The van der Waals surface area contributed by atoms with Gasteiger partial charge in [0.05, 0.1) is 6.61 Å². The molecule has 0 unspecified atom stereocenters. The summed E-state index contributed by atoms with van der Waals surface area (Å²) in [5.74, 6) is -0.465. The van der Waals surface area contributed by atoms with Crippen LogP contribution in [0.15, 0.2) is 126 Å². The highest BCUT2D eigenvalue weighted by atomic mass is 32.2. The molecule has 0 aliphatic carbocycles. The van der Waals surface area contributed by atoms with Gasteiger partial charge in [0.2, 0.25) is 0 Å². The first-order chi connectivity index (χ1) is 22.8. The van der Waals surface area contributed by atoms with Crippen molar-refractivity contribution in [2.45, 2.75) is 92.6 Å². The van der Waals surface area contributed by atoms with Crippen LogP contribution in [0.1, 0.15) is 51.3 Å². The first-order valence-corrected chi connectivity index (χ1v) is 20.3. The van der Waals surface area contributed by atoms with Crippen LogP contribution < -0.4 is 0 Å². The minimum Gasteiger partial charge on any atom is -0.456 e. The number of aliphatic hydroxyl groups is 1. The van der Waals surface area contributed by atoms with E-state index in [1.807, 2.05) is 84.9 Å². The van der Waals surface area contributed by atoms with E-state index in [2.05, 4.69) is 70.3 Å². The van der Waals surface area contributed by atoms with Crippen LogP contribution in [0.5, 0.6) is 0 Å². The lowest BCUT2D eigenvalue weighted by Crippen LogP contribution is -2.69. The van der Waals surface area contributed by atoms with Crippen LogP contribution in [0, 0.1) is 0 Å². The number of carbonyl (C=O) groups is 1. The largest absolute Gasteiger partial charge is 0.456 e. The van der Waals surface area contributed by atoms with E-state index in [1.165, 1.54) is 18.7 Å². The highest BCUT2D eigenvalue weighted by Crippen LogP contribution is 2.47. The van der Waals surface area contributed by atoms with Crippen LogP contribution in [-0.4, -0.2) is 55.3 Å². The maximum absolute atomic E-state index is 12.6. The van der Waals surface area contributed by atoms with E-state index in [0.717, 1.165) is 21.6 Å². The molecule has 254 valence electrons. The zero-order chi connectivity index (χ0) is 34.6. The number of ether oxygens (including phenoxy) is 3. The molecule has 1 saturated heterocycles. The van der Waals surface area contributed by atoms with Crippen LogP contribution in [0.3, 0.4) is 0 Å². The van der Waals surface area contributed by atoms with Crippen molar-refractivity contribution in [3.63, 3.8) is 0 Å².